The summed E-state index contributed by atoms with van der Waals surface area (Å²) in [6, 6.07) is 11.4. The zero-order chi connectivity index (χ0) is 35.5. The molecule has 0 bridgehead atoms. The summed E-state index contributed by atoms with van der Waals surface area (Å²) in [5, 5.41) is 13.1. The number of nitrogens with one attached hydrogen (secondary N) is 1. The summed E-state index contributed by atoms with van der Waals surface area (Å²) >= 11 is 5.77. The maximum atomic E-state index is 13.0. The van der Waals surface area contributed by atoms with E-state index in [2.05, 4.69) is 58.7 Å². The highest BCUT2D eigenvalue weighted by molar-refractivity contribution is 7.91. The molecule has 5 rings (SSSR count). The van der Waals surface area contributed by atoms with Crippen molar-refractivity contribution in [3.8, 4) is 6.07 Å². The molecular weight excluding hydrogens is 688 g/mol. The Morgan fingerprint density at radius 1 is 1.12 bits per heavy atom. The number of rotatable bonds is 11. The number of imidazole rings is 1. The minimum absolute atomic E-state index is 0.0259. The van der Waals surface area contributed by atoms with Crippen molar-refractivity contribution in [3.05, 3.63) is 48.5 Å². The Kier molecular flexibility index (Phi) is 11.8. The Hall–Kier alpha value is -3.32. The lowest BCUT2D eigenvalue weighted by molar-refractivity contribution is -0.0343. The number of sulfone groups is 1. The molecule has 264 valence electrons. The summed E-state index contributed by atoms with van der Waals surface area (Å²) in [4.78, 5) is 28.1. The number of benzene rings is 1. The standard InChI is InChI=1S/C32H43N8O6PS2/c1-7-24-26(46-47(22(6)17-33)40(20(2)3)21(4)5)27(45-32(48)38-13-15-49(42,43)16-14-38)31(44-24)39-19-36-25-28(34-18-35-29(25)39)37-30(41)23-11-9-8-10-12-23/h8-12,18-22,24,26-27,31H,7,13-16H2,1-6H3,(H,34,35,37,41). The number of aromatic nitrogens is 4. The van der Waals surface area contributed by atoms with Gasteiger partial charge < -0.3 is 24.2 Å². The number of amides is 1. The first-order chi connectivity index (χ1) is 23.3. The Labute approximate surface area is 293 Å². The van der Waals surface area contributed by atoms with Crippen LogP contribution in [-0.4, -0.2) is 109 Å². The van der Waals surface area contributed by atoms with Crippen LogP contribution in [0.2, 0.25) is 0 Å². The molecule has 2 fully saturated rings. The molecule has 2 aliphatic rings. The molecule has 0 spiro atoms. The molecule has 6 unspecified atom stereocenters. The number of carbonyl (C=O) groups excluding carboxylic acids is 1. The summed E-state index contributed by atoms with van der Waals surface area (Å²) in [6.07, 6.45) is 0.658. The lowest BCUT2D eigenvalue weighted by Crippen LogP contribution is -2.47. The second-order valence-electron chi connectivity index (χ2n) is 12.6. The van der Waals surface area contributed by atoms with Gasteiger partial charge in [-0.2, -0.15) is 5.26 Å². The maximum Gasteiger partial charge on any atom is 0.259 e. The molecule has 0 saturated carbocycles. The second kappa shape index (κ2) is 15.7. The molecule has 3 aromatic rings. The van der Waals surface area contributed by atoms with Gasteiger partial charge in [-0.3, -0.25) is 14.0 Å². The minimum Gasteiger partial charge on any atom is -0.460 e. The van der Waals surface area contributed by atoms with Gasteiger partial charge in [0.25, 0.3) is 11.1 Å². The topological polar surface area (TPSA) is 165 Å². The van der Waals surface area contributed by atoms with Gasteiger partial charge in [0, 0.05) is 30.7 Å². The van der Waals surface area contributed by atoms with E-state index in [1.54, 1.807) is 40.1 Å². The van der Waals surface area contributed by atoms with Crippen molar-refractivity contribution in [2.45, 2.75) is 90.2 Å². The van der Waals surface area contributed by atoms with Gasteiger partial charge in [-0.15, -0.1) is 0 Å². The first-order valence-electron chi connectivity index (χ1n) is 16.3. The smallest absolute Gasteiger partial charge is 0.259 e. The Morgan fingerprint density at radius 3 is 2.41 bits per heavy atom. The van der Waals surface area contributed by atoms with E-state index in [1.165, 1.54) is 6.33 Å². The summed E-state index contributed by atoms with van der Waals surface area (Å²) in [7, 11) is -4.61. The first-order valence-corrected chi connectivity index (χ1v) is 19.9. The van der Waals surface area contributed by atoms with Crippen molar-refractivity contribution in [1.29, 1.82) is 5.26 Å². The molecule has 6 atom stereocenters. The quantitative estimate of drug-likeness (QED) is 0.217. The highest BCUT2D eigenvalue weighted by Crippen LogP contribution is 2.53. The number of ether oxygens (including phenoxy) is 2. The largest absolute Gasteiger partial charge is 0.460 e. The van der Waals surface area contributed by atoms with Crippen LogP contribution in [0.5, 0.6) is 0 Å². The van der Waals surface area contributed by atoms with Gasteiger partial charge in [0.1, 0.15) is 26.4 Å². The number of hydrogen-bond acceptors (Lipinski definition) is 12. The monoisotopic (exact) mass is 730 g/mol. The SMILES string of the molecule is CCC1OC(n2cnc3c(NC(=O)c4ccccc4)ncnc32)C(OC(=S)N2CCS(=O)(=O)CC2)C1OP(C(C)C#N)N(C(C)C)C(C)C. The van der Waals surface area contributed by atoms with E-state index in [4.69, 9.17) is 26.2 Å². The third-order valence-electron chi connectivity index (χ3n) is 8.46. The minimum atomic E-state index is -3.15. The van der Waals surface area contributed by atoms with E-state index in [1.807, 2.05) is 19.9 Å². The molecule has 2 aliphatic heterocycles. The van der Waals surface area contributed by atoms with E-state index >= 15 is 0 Å². The number of thiocarbonyl (C=S) groups is 1. The number of fused-ring (bicyclic) bond motifs is 1. The average Bonchev–Trinajstić information content (AvgIpc) is 3.65. The van der Waals surface area contributed by atoms with Crippen LogP contribution >= 0.6 is 20.5 Å². The van der Waals surface area contributed by atoms with Gasteiger partial charge in [0.05, 0.1) is 30.0 Å². The number of hydrogen-bond donors (Lipinski definition) is 1. The van der Waals surface area contributed by atoms with Gasteiger partial charge >= 0.3 is 0 Å². The molecule has 4 heterocycles. The zero-order valence-electron chi connectivity index (χ0n) is 28.5. The fourth-order valence-electron chi connectivity index (χ4n) is 6.07. The van der Waals surface area contributed by atoms with Crippen LogP contribution in [-0.2, 0) is 23.8 Å². The van der Waals surface area contributed by atoms with Crippen molar-refractivity contribution in [2.75, 3.05) is 29.9 Å². The van der Waals surface area contributed by atoms with Crippen LogP contribution in [0.1, 0.15) is 64.5 Å². The van der Waals surface area contributed by atoms with Crippen molar-refractivity contribution >= 4 is 58.4 Å². The Morgan fingerprint density at radius 2 is 1.80 bits per heavy atom. The molecule has 2 saturated heterocycles. The van der Waals surface area contributed by atoms with Gasteiger partial charge in [0.15, 0.2) is 39.2 Å². The lowest BCUT2D eigenvalue weighted by Gasteiger charge is -2.41. The van der Waals surface area contributed by atoms with Gasteiger partial charge in [-0.1, -0.05) is 25.1 Å². The molecule has 1 N–H and O–H groups in total. The summed E-state index contributed by atoms with van der Waals surface area (Å²) < 4.78 is 48.5. The van der Waals surface area contributed by atoms with Crippen LogP contribution in [0.3, 0.4) is 0 Å². The molecule has 0 radical (unpaired) electrons. The molecule has 1 aromatic carbocycles. The summed E-state index contributed by atoms with van der Waals surface area (Å²) in [5.41, 5.74) is 0.766. The van der Waals surface area contributed by atoms with Crippen LogP contribution in [0.25, 0.3) is 11.2 Å². The van der Waals surface area contributed by atoms with E-state index in [0.717, 1.165) is 0 Å². The summed E-state index contributed by atoms with van der Waals surface area (Å²) in [6.45, 7) is 12.6. The van der Waals surface area contributed by atoms with Crippen LogP contribution in [0.15, 0.2) is 43.0 Å². The molecule has 2 aromatic heterocycles. The van der Waals surface area contributed by atoms with Crippen LogP contribution in [0.4, 0.5) is 5.82 Å². The zero-order valence-corrected chi connectivity index (χ0v) is 31.0. The van der Waals surface area contributed by atoms with E-state index < -0.39 is 48.3 Å². The van der Waals surface area contributed by atoms with E-state index in [0.29, 0.717) is 23.1 Å². The normalized spacial score (nSPS) is 23.5. The number of anilines is 1. The van der Waals surface area contributed by atoms with Gasteiger partial charge in [-0.05, 0) is 65.4 Å². The first kappa shape index (κ1) is 36.9. The molecule has 14 nitrogen and oxygen atoms in total. The van der Waals surface area contributed by atoms with Crippen LogP contribution < -0.4 is 5.32 Å². The fourth-order valence-corrected chi connectivity index (χ4v) is 9.77. The predicted molar refractivity (Wildman–Crippen MR) is 191 cm³/mol. The molecule has 1 amide bonds. The van der Waals surface area contributed by atoms with Gasteiger partial charge in [0.2, 0.25) is 0 Å². The molecule has 0 aliphatic carbocycles. The lowest BCUT2D eigenvalue weighted by atomic mass is 10.1. The van der Waals surface area contributed by atoms with Crippen molar-refractivity contribution in [1.82, 2.24) is 29.1 Å². The highest BCUT2D eigenvalue weighted by atomic mass is 32.2. The average molecular weight is 731 g/mol. The summed E-state index contributed by atoms with van der Waals surface area (Å²) in [5.74, 6) is -0.167. The molecule has 49 heavy (non-hydrogen) atoms. The highest BCUT2D eigenvalue weighted by Gasteiger charge is 2.51. The van der Waals surface area contributed by atoms with Gasteiger partial charge in [-0.25, -0.2) is 23.4 Å². The number of nitriles is 1. The third kappa shape index (κ3) is 8.19. The molecular formula is C32H43N8O6PS2. The number of carbonyl (C=O) groups is 1. The Bertz CT molecular complexity index is 1760. The third-order valence-corrected chi connectivity index (χ3v) is 13.0. The van der Waals surface area contributed by atoms with E-state index in [-0.39, 0.29) is 53.6 Å². The Balaban J connectivity index is 1.52. The van der Waals surface area contributed by atoms with Crippen LogP contribution in [0, 0.1) is 11.3 Å². The second-order valence-corrected chi connectivity index (χ2v) is 17.3. The van der Waals surface area contributed by atoms with Crippen molar-refractivity contribution in [3.63, 3.8) is 0 Å². The van der Waals surface area contributed by atoms with Crippen molar-refractivity contribution < 1.29 is 27.2 Å². The number of nitrogens with zero attached hydrogens (tertiary/aromatic N) is 7. The maximum absolute atomic E-state index is 13.0. The van der Waals surface area contributed by atoms with Crippen molar-refractivity contribution in [2.24, 2.45) is 0 Å². The van der Waals surface area contributed by atoms with E-state index in [9.17, 15) is 18.5 Å². The predicted octanol–water partition coefficient (Wildman–Crippen LogP) is 4.51. The molecule has 17 heteroatoms. The fraction of sp³-hybridized carbons (Fsp3) is 0.562.